The first-order valence-corrected chi connectivity index (χ1v) is 5.25. The summed E-state index contributed by atoms with van der Waals surface area (Å²) in [6.07, 6.45) is -0.392. The van der Waals surface area contributed by atoms with Gasteiger partial charge in [0.1, 0.15) is 5.82 Å². The van der Waals surface area contributed by atoms with Crippen molar-refractivity contribution >= 4 is 33.5 Å². The Balaban J connectivity index is 2.62. The minimum atomic E-state index is -1.05. The summed E-state index contributed by atoms with van der Waals surface area (Å²) in [5.41, 5.74) is 0.287. The SMILES string of the molecule is O=C(O)CCC(=O)Nc1cc(F)ccc1Br. The molecular weight excluding hydrogens is 281 g/mol. The quantitative estimate of drug-likeness (QED) is 0.894. The van der Waals surface area contributed by atoms with E-state index in [2.05, 4.69) is 21.2 Å². The highest BCUT2D eigenvalue weighted by molar-refractivity contribution is 9.10. The minimum absolute atomic E-state index is 0.141. The Labute approximate surface area is 99.6 Å². The van der Waals surface area contributed by atoms with Crippen molar-refractivity contribution in [3.63, 3.8) is 0 Å². The van der Waals surface area contributed by atoms with Gasteiger partial charge in [0.05, 0.1) is 12.1 Å². The molecule has 1 aromatic rings. The van der Waals surface area contributed by atoms with Gasteiger partial charge in [-0.3, -0.25) is 9.59 Å². The number of carboxylic acid groups (broad SMARTS) is 1. The topological polar surface area (TPSA) is 66.4 Å². The maximum atomic E-state index is 12.8. The van der Waals surface area contributed by atoms with Crippen LogP contribution in [-0.4, -0.2) is 17.0 Å². The molecule has 16 heavy (non-hydrogen) atoms. The molecule has 2 N–H and O–H groups in total. The molecule has 0 fully saturated rings. The number of rotatable bonds is 4. The van der Waals surface area contributed by atoms with E-state index in [9.17, 15) is 14.0 Å². The lowest BCUT2D eigenvalue weighted by Crippen LogP contribution is -2.13. The van der Waals surface area contributed by atoms with Crippen LogP contribution in [0.5, 0.6) is 0 Å². The van der Waals surface area contributed by atoms with Crippen LogP contribution >= 0.6 is 15.9 Å². The van der Waals surface area contributed by atoms with Crippen LogP contribution in [0.1, 0.15) is 12.8 Å². The van der Waals surface area contributed by atoms with E-state index in [0.29, 0.717) is 4.47 Å². The molecule has 4 nitrogen and oxygen atoms in total. The number of hydrogen-bond acceptors (Lipinski definition) is 2. The van der Waals surface area contributed by atoms with Gasteiger partial charge in [0, 0.05) is 10.9 Å². The molecule has 0 aliphatic heterocycles. The lowest BCUT2D eigenvalue weighted by Gasteiger charge is -2.06. The summed E-state index contributed by atoms with van der Waals surface area (Å²) in [5, 5.41) is 10.8. The number of nitrogens with one attached hydrogen (secondary N) is 1. The average Bonchev–Trinajstić information content (AvgIpc) is 2.20. The average molecular weight is 290 g/mol. The van der Waals surface area contributed by atoms with E-state index in [1.54, 1.807) is 0 Å². The van der Waals surface area contributed by atoms with E-state index in [0.717, 1.165) is 6.07 Å². The first-order chi connectivity index (χ1) is 7.49. The van der Waals surface area contributed by atoms with Crippen LogP contribution in [0, 0.1) is 5.82 Å². The number of hydrogen-bond donors (Lipinski definition) is 2. The van der Waals surface area contributed by atoms with Crippen LogP contribution in [0.25, 0.3) is 0 Å². The zero-order valence-electron chi connectivity index (χ0n) is 8.17. The fraction of sp³-hybridized carbons (Fsp3) is 0.200. The van der Waals surface area contributed by atoms with E-state index in [4.69, 9.17) is 5.11 Å². The number of carbonyl (C=O) groups excluding carboxylic acids is 1. The second-order valence-electron chi connectivity index (χ2n) is 3.07. The number of carbonyl (C=O) groups is 2. The number of benzene rings is 1. The summed E-state index contributed by atoms with van der Waals surface area (Å²) >= 11 is 3.14. The van der Waals surface area contributed by atoms with Gasteiger partial charge >= 0.3 is 5.97 Å². The molecule has 0 radical (unpaired) electrons. The normalized spacial score (nSPS) is 9.88. The molecule has 0 heterocycles. The number of aliphatic carboxylic acids is 1. The zero-order valence-corrected chi connectivity index (χ0v) is 9.75. The molecule has 0 unspecified atom stereocenters. The summed E-state index contributed by atoms with van der Waals surface area (Å²) in [6.45, 7) is 0. The molecule has 1 rings (SSSR count). The van der Waals surface area contributed by atoms with Crippen LogP contribution in [0.2, 0.25) is 0 Å². The molecule has 0 bridgehead atoms. The Morgan fingerprint density at radius 1 is 1.38 bits per heavy atom. The summed E-state index contributed by atoms with van der Waals surface area (Å²) in [7, 11) is 0. The van der Waals surface area contributed by atoms with E-state index >= 15 is 0 Å². The number of amides is 1. The molecule has 6 heteroatoms. The van der Waals surface area contributed by atoms with Crippen molar-refractivity contribution in [3.8, 4) is 0 Å². The number of carboxylic acids is 1. The molecule has 0 spiro atoms. The molecule has 0 atom stereocenters. The summed E-state index contributed by atoms with van der Waals surface area (Å²) in [5.74, 6) is -1.99. The lowest BCUT2D eigenvalue weighted by molar-refractivity contribution is -0.138. The molecule has 0 aliphatic carbocycles. The maximum absolute atomic E-state index is 12.8. The minimum Gasteiger partial charge on any atom is -0.481 e. The molecular formula is C10H9BrFNO3. The Kier molecular flexibility index (Phi) is 4.42. The third kappa shape index (κ3) is 3.98. The summed E-state index contributed by atoms with van der Waals surface area (Å²) < 4.78 is 13.4. The van der Waals surface area contributed by atoms with E-state index in [1.165, 1.54) is 12.1 Å². The van der Waals surface area contributed by atoms with E-state index < -0.39 is 17.7 Å². The highest BCUT2D eigenvalue weighted by Gasteiger charge is 2.08. The molecule has 1 amide bonds. The Morgan fingerprint density at radius 2 is 2.06 bits per heavy atom. The molecule has 0 saturated carbocycles. The van der Waals surface area contributed by atoms with Gasteiger partial charge < -0.3 is 10.4 Å². The van der Waals surface area contributed by atoms with Gasteiger partial charge in [0.25, 0.3) is 0 Å². The highest BCUT2D eigenvalue weighted by atomic mass is 79.9. The second-order valence-corrected chi connectivity index (χ2v) is 3.92. The monoisotopic (exact) mass is 289 g/mol. The van der Waals surface area contributed by atoms with Gasteiger partial charge in [-0.1, -0.05) is 0 Å². The first kappa shape index (κ1) is 12.6. The standard InChI is InChI=1S/C10H9BrFNO3/c11-7-2-1-6(12)5-8(7)13-9(14)3-4-10(15)16/h1-2,5H,3-4H2,(H,13,14)(H,15,16). The van der Waals surface area contributed by atoms with Crippen LogP contribution in [0.3, 0.4) is 0 Å². The number of halogens is 2. The Hall–Kier alpha value is -1.43. The van der Waals surface area contributed by atoms with Crippen molar-refractivity contribution in [1.82, 2.24) is 0 Å². The van der Waals surface area contributed by atoms with Crippen molar-refractivity contribution in [2.45, 2.75) is 12.8 Å². The van der Waals surface area contributed by atoms with E-state index in [-0.39, 0.29) is 18.5 Å². The van der Waals surface area contributed by atoms with Gasteiger partial charge in [-0.15, -0.1) is 0 Å². The maximum Gasteiger partial charge on any atom is 0.303 e. The van der Waals surface area contributed by atoms with Gasteiger partial charge in [-0.2, -0.15) is 0 Å². The third-order valence-corrected chi connectivity index (χ3v) is 2.46. The Morgan fingerprint density at radius 3 is 2.69 bits per heavy atom. The fourth-order valence-electron chi connectivity index (χ4n) is 1.03. The molecule has 0 aliphatic rings. The van der Waals surface area contributed by atoms with Crippen molar-refractivity contribution in [2.75, 3.05) is 5.32 Å². The molecule has 0 saturated heterocycles. The van der Waals surface area contributed by atoms with Crippen LogP contribution in [0.15, 0.2) is 22.7 Å². The van der Waals surface area contributed by atoms with Crippen LogP contribution in [0.4, 0.5) is 10.1 Å². The van der Waals surface area contributed by atoms with Gasteiger partial charge in [-0.05, 0) is 34.1 Å². The summed E-state index contributed by atoms with van der Waals surface area (Å²) in [4.78, 5) is 21.5. The van der Waals surface area contributed by atoms with Gasteiger partial charge in [-0.25, -0.2) is 4.39 Å². The van der Waals surface area contributed by atoms with Crippen LogP contribution in [-0.2, 0) is 9.59 Å². The predicted molar refractivity (Wildman–Crippen MR) is 59.6 cm³/mol. The van der Waals surface area contributed by atoms with Crippen molar-refractivity contribution in [2.24, 2.45) is 0 Å². The smallest absolute Gasteiger partial charge is 0.303 e. The zero-order chi connectivity index (χ0) is 12.1. The van der Waals surface area contributed by atoms with Crippen LogP contribution < -0.4 is 5.32 Å². The second kappa shape index (κ2) is 5.60. The van der Waals surface area contributed by atoms with Crippen molar-refractivity contribution in [3.05, 3.63) is 28.5 Å². The Bertz CT molecular complexity index is 423. The first-order valence-electron chi connectivity index (χ1n) is 4.45. The highest BCUT2D eigenvalue weighted by Crippen LogP contribution is 2.23. The predicted octanol–water partition coefficient (Wildman–Crippen LogP) is 2.39. The summed E-state index contributed by atoms with van der Waals surface area (Å²) in [6, 6.07) is 3.86. The van der Waals surface area contributed by atoms with Gasteiger partial charge in [0.2, 0.25) is 5.91 Å². The van der Waals surface area contributed by atoms with E-state index in [1.807, 2.05) is 0 Å². The largest absolute Gasteiger partial charge is 0.481 e. The van der Waals surface area contributed by atoms with Crippen molar-refractivity contribution in [1.29, 1.82) is 0 Å². The molecule has 1 aromatic carbocycles. The third-order valence-electron chi connectivity index (χ3n) is 1.77. The van der Waals surface area contributed by atoms with Crippen molar-refractivity contribution < 1.29 is 19.1 Å². The number of anilines is 1. The lowest BCUT2D eigenvalue weighted by atomic mass is 10.2. The molecule has 0 aromatic heterocycles. The fourth-order valence-corrected chi connectivity index (χ4v) is 1.37. The molecule has 86 valence electrons. The van der Waals surface area contributed by atoms with Gasteiger partial charge in [0.15, 0.2) is 0 Å².